The number of unbranched alkanes of at least 4 members (excludes halogenated alkanes) is 15. The predicted molar refractivity (Wildman–Crippen MR) is 126 cm³/mol. The Morgan fingerprint density at radius 1 is 0.935 bits per heavy atom. The van der Waals surface area contributed by atoms with Crippen LogP contribution in [0.5, 0.6) is 0 Å². The summed E-state index contributed by atoms with van der Waals surface area (Å²) in [5.41, 5.74) is 13.7. The maximum Gasteiger partial charge on any atom is 0.404 e. The predicted octanol–water partition coefficient (Wildman–Crippen LogP) is 7.94. The summed E-state index contributed by atoms with van der Waals surface area (Å²) in [6.07, 6.45) is 20.3. The summed E-state index contributed by atoms with van der Waals surface area (Å²) in [7, 11) is 0. The number of hydrogen-bond donors (Lipinski definition) is 1. The minimum Gasteiger partial charge on any atom is -0.446 e. The van der Waals surface area contributed by atoms with Gasteiger partial charge in [-0.2, -0.15) is 5.26 Å². The van der Waals surface area contributed by atoms with Gasteiger partial charge in [0.2, 0.25) is 0 Å². The number of carbonyl (C=O) groups is 1. The molecular weight excluding hydrogens is 390 g/mol. The molecule has 0 radical (unpaired) electrons. The molecule has 0 bridgehead atoms. The zero-order chi connectivity index (χ0) is 23.0. The van der Waals surface area contributed by atoms with E-state index in [1.165, 1.54) is 89.9 Å². The van der Waals surface area contributed by atoms with Crippen molar-refractivity contribution in [1.29, 1.82) is 5.26 Å². The zero-order valence-electron chi connectivity index (χ0n) is 19.8. The number of azide groups is 1. The van der Waals surface area contributed by atoms with Crippen molar-refractivity contribution < 1.29 is 9.53 Å². The standard InChI is InChI=1S/C24H45N5O2/c1-2-3-4-5-6-7-8-9-10-11-12-13-14-15-16-17-18-23(31-24(26)30)22(19-20-25)21-28-29-27/h22-23H,2-19,21H2,1H3,(H2,26,30). The van der Waals surface area contributed by atoms with E-state index in [-0.39, 0.29) is 18.9 Å². The fourth-order valence-corrected chi connectivity index (χ4v) is 4.01. The highest BCUT2D eigenvalue weighted by molar-refractivity contribution is 5.64. The van der Waals surface area contributed by atoms with Crippen molar-refractivity contribution in [3.05, 3.63) is 10.4 Å². The molecule has 0 aromatic carbocycles. The average Bonchev–Trinajstić information content (AvgIpc) is 2.75. The molecule has 0 aliphatic rings. The first-order chi connectivity index (χ1) is 15.2. The zero-order valence-corrected chi connectivity index (χ0v) is 19.8. The minimum absolute atomic E-state index is 0.140. The quantitative estimate of drug-likeness (QED) is 0.0802. The number of carbonyl (C=O) groups excluding carboxylic acids is 1. The molecule has 0 aromatic heterocycles. The lowest BCUT2D eigenvalue weighted by Gasteiger charge is -2.23. The Morgan fingerprint density at radius 2 is 1.39 bits per heavy atom. The summed E-state index contributed by atoms with van der Waals surface area (Å²) in [6.45, 7) is 2.40. The van der Waals surface area contributed by atoms with Gasteiger partial charge in [0.15, 0.2) is 0 Å². The van der Waals surface area contributed by atoms with E-state index in [9.17, 15) is 4.79 Å². The second-order valence-corrected chi connectivity index (χ2v) is 8.60. The summed E-state index contributed by atoms with van der Waals surface area (Å²) in [6, 6.07) is 2.07. The van der Waals surface area contributed by atoms with Gasteiger partial charge in [-0.1, -0.05) is 108 Å². The van der Waals surface area contributed by atoms with E-state index in [0.717, 1.165) is 12.8 Å². The summed E-state index contributed by atoms with van der Waals surface area (Å²) in [4.78, 5) is 13.9. The normalized spacial score (nSPS) is 12.5. The first-order valence-corrected chi connectivity index (χ1v) is 12.5. The molecule has 0 fully saturated rings. The second kappa shape index (κ2) is 22.7. The summed E-state index contributed by atoms with van der Waals surface area (Å²) in [5.74, 6) is -0.301. The van der Waals surface area contributed by atoms with Crippen LogP contribution in [-0.4, -0.2) is 18.7 Å². The van der Waals surface area contributed by atoms with Gasteiger partial charge in [-0.3, -0.25) is 0 Å². The van der Waals surface area contributed by atoms with E-state index in [1.54, 1.807) is 0 Å². The molecule has 2 atom stereocenters. The number of rotatable bonds is 22. The molecule has 2 unspecified atom stereocenters. The Morgan fingerprint density at radius 3 is 1.77 bits per heavy atom. The molecule has 0 aliphatic heterocycles. The van der Waals surface area contributed by atoms with Crippen LogP contribution in [0.1, 0.15) is 122 Å². The number of ether oxygens (including phenoxy) is 1. The van der Waals surface area contributed by atoms with Crippen LogP contribution in [0.2, 0.25) is 0 Å². The number of nitrogens with two attached hydrogens (primary N) is 1. The van der Waals surface area contributed by atoms with Crippen LogP contribution in [0.25, 0.3) is 10.4 Å². The average molecular weight is 436 g/mol. The van der Waals surface area contributed by atoms with Crippen LogP contribution in [0.3, 0.4) is 0 Å². The summed E-state index contributed by atoms with van der Waals surface area (Å²) >= 11 is 0. The number of nitriles is 1. The lowest BCUT2D eigenvalue weighted by atomic mass is 9.94. The third kappa shape index (κ3) is 19.8. The molecule has 0 spiro atoms. The van der Waals surface area contributed by atoms with Crippen LogP contribution in [-0.2, 0) is 4.74 Å². The van der Waals surface area contributed by atoms with E-state index in [2.05, 4.69) is 23.0 Å². The molecule has 0 rings (SSSR count). The van der Waals surface area contributed by atoms with Gasteiger partial charge in [-0.15, -0.1) is 0 Å². The Balaban J connectivity index is 3.71. The van der Waals surface area contributed by atoms with Gasteiger partial charge in [0.1, 0.15) is 6.10 Å². The fraction of sp³-hybridized carbons (Fsp3) is 0.917. The fourth-order valence-electron chi connectivity index (χ4n) is 4.01. The molecule has 0 saturated heterocycles. The van der Waals surface area contributed by atoms with Gasteiger partial charge in [0, 0.05) is 23.8 Å². The molecule has 7 nitrogen and oxygen atoms in total. The molecule has 0 aromatic rings. The smallest absolute Gasteiger partial charge is 0.404 e. The van der Waals surface area contributed by atoms with Crippen molar-refractivity contribution in [3.8, 4) is 6.07 Å². The van der Waals surface area contributed by atoms with E-state index < -0.39 is 12.2 Å². The summed E-state index contributed by atoms with van der Waals surface area (Å²) < 4.78 is 5.19. The van der Waals surface area contributed by atoms with Gasteiger partial charge >= 0.3 is 6.09 Å². The molecule has 0 heterocycles. The van der Waals surface area contributed by atoms with Crippen LogP contribution in [0.15, 0.2) is 5.11 Å². The van der Waals surface area contributed by atoms with Crippen molar-refractivity contribution >= 4 is 6.09 Å². The van der Waals surface area contributed by atoms with E-state index in [4.69, 9.17) is 21.3 Å². The number of nitrogens with zero attached hydrogens (tertiary/aromatic N) is 4. The Kier molecular flexibility index (Phi) is 21.3. The van der Waals surface area contributed by atoms with Crippen molar-refractivity contribution in [2.75, 3.05) is 6.54 Å². The minimum atomic E-state index is -0.842. The Labute approximate surface area is 189 Å². The SMILES string of the molecule is CCCCCCCCCCCCCCCCCCC(OC(N)=O)C(CC#N)CN=[N+]=[N-]. The van der Waals surface area contributed by atoms with Crippen molar-refractivity contribution in [2.24, 2.45) is 16.8 Å². The number of amides is 1. The van der Waals surface area contributed by atoms with Crippen LogP contribution in [0, 0.1) is 17.2 Å². The number of hydrogen-bond acceptors (Lipinski definition) is 4. The van der Waals surface area contributed by atoms with Crippen LogP contribution >= 0.6 is 0 Å². The van der Waals surface area contributed by atoms with E-state index in [0.29, 0.717) is 6.42 Å². The first kappa shape index (κ1) is 29.1. The van der Waals surface area contributed by atoms with Crippen molar-refractivity contribution in [2.45, 2.75) is 129 Å². The molecular formula is C24H45N5O2. The Hall–Kier alpha value is -1.93. The van der Waals surface area contributed by atoms with Gasteiger partial charge in [-0.25, -0.2) is 4.79 Å². The molecule has 0 aliphatic carbocycles. The molecule has 1 amide bonds. The second-order valence-electron chi connectivity index (χ2n) is 8.60. The lowest BCUT2D eigenvalue weighted by Crippen LogP contribution is -2.31. The third-order valence-corrected chi connectivity index (χ3v) is 5.87. The highest BCUT2D eigenvalue weighted by Crippen LogP contribution is 2.20. The molecule has 178 valence electrons. The van der Waals surface area contributed by atoms with Gasteiger partial charge < -0.3 is 10.5 Å². The number of primary amides is 1. The highest BCUT2D eigenvalue weighted by atomic mass is 16.6. The third-order valence-electron chi connectivity index (χ3n) is 5.87. The molecule has 31 heavy (non-hydrogen) atoms. The Bertz CT molecular complexity index is 515. The maximum atomic E-state index is 11.2. The maximum absolute atomic E-state index is 11.2. The highest BCUT2D eigenvalue weighted by Gasteiger charge is 2.23. The summed E-state index contributed by atoms with van der Waals surface area (Å²) in [5, 5.41) is 12.5. The molecule has 7 heteroatoms. The van der Waals surface area contributed by atoms with Crippen molar-refractivity contribution in [3.63, 3.8) is 0 Å². The van der Waals surface area contributed by atoms with Crippen molar-refractivity contribution in [1.82, 2.24) is 0 Å². The van der Waals surface area contributed by atoms with E-state index in [1.807, 2.05) is 0 Å². The molecule has 0 saturated carbocycles. The van der Waals surface area contributed by atoms with Gasteiger partial charge in [0.05, 0.1) is 6.07 Å². The lowest BCUT2D eigenvalue weighted by molar-refractivity contribution is 0.0642. The monoisotopic (exact) mass is 435 g/mol. The van der Waals surface area contributed by atoms with Gasteiger partial charge in [-0.05, 0) is 18.4 Å². The van der Waals surface area contributed by atoms with E-state index >= 15 is 0 Å². The van der Waals surface area contributed by atoms with Gasteiger partial charge in [0.25, 0.3) is 0 Å². The largest absolute Gasteiger partial charge is 0.446 e. The topological polar surface area (TPSA) is 125 Å². The molecule has 2 N–H and O–H groups in total. The first-order valence-electron chi connectivity index (χ1n) is 12.5. The van der Waals surface area contributed by atoms with Crippen LogP contribution in [0.4, 0.5) is 4.79 Å². The van der Waals surface area contributed by atoms with Crippen LogP contribution < -0.4 is 5.73 Å².